The van der Waals surface area contributed by atoms with Crippen LogP contribution in [0.2, 0.25) is 0 Å². The molecule has 0 aliphatic rings. The number of rotatable bonds is 4. The third-order valence-corrected chi connectivity index (χ3v) is 0.322. The average Bonchev–Trinajstić information content (AvgIpc) is 1.69. The van der Waals surface area contributed by atoms with Crippen molar-refractivity contribution in [2.24, 2.45) is 0 Å². The number of hydrogen-bond acceptors (Lipinski definition) is 3. The van der Waals surface area contributed by atoms with Crippen LogP contribution in [0.3, 0.4) is 0 Å². The van der Waals surface area contributed by atoms with Crippen molar-refractivity contribution in [1.82, 2.24) is 0 Å². The van der Waals surface area contributed by atoms with E-state index in [9.17, 15) is 9.59 Å². The first-order valence-corrected chi connectivity index (χ1v) is 1.69. The molecule has 0 aliphatic carbocycles. The number of hydrogen-bond donors (Lipinski definition) is 0. The van der Waals surface area contributed by atoms with Gasteiger partial charge in [-0.25, -0.2) is 0 Å². The van der Waals surface area contributed by atoms with Gasteiger partial charge in [0, 0.05) is 0 Å². The Kier molecular flexibility index (Phi) is 4.77. The van der Waals surface area contributed by atoms with Crippen LogP contribution in [0.4, 0.5) is 0 Å². The first-order chi connectivity index (χ1) is 3.41. The largest absolute Gasteiger partial charge is 0.365 e. The van der Waals surface area contributed by atoms with Crippen LogP contribution in [-0.2, 0) is 14.3 Å². The molecule has 0 aromatic rings. The number of ether oxygens (including phenoxy) is 1. The van der Waals surface area contributed by atoms with Crippen LogP contribution in [0.1, 0.15) is 0 Å². The summed E-state index contributed by atoms with van der Waals surface area (Å²) in [5.41, 5.74) is 0. The molecule has 0 spiro atoms. The zero-order valence-corrected chi connectivity index (χ0v) is 3.64. The van der Waals surface area contributed by atoms with Gasteiger partial charge in [-0.15, -0.1) is 0 Å². The maximum Gasteiger partial charge on any atom is 0.226 e. The molecular formula is C4H4O3. The molecule has 2 radical (unpaired) electrons. The van der Waals surface area contributed by atoms with Crippen LogP contribution in [0.25, 0.3) is 0 Å². The summed E-state index contributed by atoms with van der Waals surface area (Å²) in [4.78, 5) is 18.6. The molecule has 0 unspecified atom stereocenters. The molecule has 3 nitrogen and oxygen atoms in total. The van der Waals surface area contributed by atoms with Gasteiger partial charge < -0.3 is 4.74 Å². The summed E-state index contributed by atoms with van der Waals surface area (Å²) < 4.78 is 4.28. The smallest absolute Gasteiger partial charge is 0.226 e. The van der Waals surface area contributed by atoms with Crippen LogP contribution >= 0.6 is 0 Å². The van der Waals surface area contributed by atoms with Gasteiger partial charge >= 0.3 is 0 Å². The first kappa shape index (κ1) is 6.30. The minimum atomic E-state index is -0.144. The van der Waals surface area contributed by atoms with Gasteiger partial charge in [0.1, 0.15) is 13.2 Å². The molecule has 0 atom stereocenters. The Balaban J connectivity index is 2.68. The van der Waals surface area contributed by atoms with Crippen LogP contribution < -0.4 is 0 Å². The highest BCUT2D eigenvalue weighted by Crippen LogP contribution is 1.61. The predicted octanol–water partition coefficient (Wildman–Crippen LogP) is -0.778. The predicted molar refractivity (Wildman–Crippen MR) is 22.2 cm³/mol. The Hall–Kier alpha value is -0.700. The van der Waals surface area contributed by atoms with Crippen LogP contribution in [0.5, 0.6) is 0 Å². The van der Waals surface area contributed by atoms with Gasteiger partial charge in [0.25, 0.3) is 0 Å². The van der Waals surface area contributed by atoms with Gasteiger partial charge in [-0.3, -0.25) is 9.59 Å². The summed E-state index contributed by atoms with van der Waals surface area (Å²) in [5.74, 6) is 0. The number of carbonyl (C=O) groups excluding carboxylic acids is 2. The quantitative estimate of drug-likeness (QED) is 0.435. The fourth-order valence-corrected chi connectivity index (χ4v) is 0.134. The zero-order chi connectivity index (χ0) is 5.54. The molecule has 0 fully saturated rings. The Labute approximate surface area is 41.3 Å². The molecule has 3 heteroatoms. The Morgan fingerprint density at radius 3 is 1.86 bits per heavy atom. The third-order valence-electron chi connectivity index (χ3n) is 0.322. The topological polar surface area (TPSA) is 43.4 Å². The Morgan fingerprint density at radius 1 is 1.14 bits per heavy atom. The van der Waals surface area contributed by atoms with Crippen molar-refractivity contribution in [3.63, 3.8) is 0 Å². The maximum absolute atomic E-state index is 9.30. The minimum absolute atomic E-state index is 0.144. The molecule has 0 heterocycles. The molecule has 0 rings (SSSR count). The monoisotopic (exact) mass is 100 g/mol. The van der Waals surface area contributed by atoms with Crippen molar-refractivity contribution in [1.29, 1.82) is 0 Å². The Bertz CT molecular complexity index is 52.0. The molecule has 0 bridgehead atoms. The van der Waals surface area contributed by atoms with Gasteiger partial charge in [0.2, 0.25) is 12.6 Å². The van der Waals surface area contributed by atoms with Crippen molar-refractivity contribution in [2.75, 3.05) is 13.2 Å². The maximum atomic E-state index is 9.30. The molecule has 0 aliphatic heterocycles. The first-order valence-electron chi connectivity index (χ1n) is 1.69. The van der Waals surface area contributed by atoms with Crippen LogP contribution in [0, 0.1) is 0 Å². The molecule has 0 amide bonds. The van der Waals surface area contributed by atoms with Gasteiger partial charge in [-0.2, -0.15) is 0 Å². The van der Waals surface area contributed by atoms with E-state index in [0.29, 0.717) is 0 Å². The van der Waals surface area contributed by atoms with Gasteiger partial charge in [0.15, 0.2) is 0 Å². The van der Waals surface area contributed by atoms with E-state index in [4.69, 9.17) is 0 Å². The molecule has 0 N–H and O–H groups in total. The van der Waals surface area contributed by atoms with E-state index < -0.39 is 0 Å². The summed E-state index contributed by atoms with van der Waals surface area (Å²) in [5, 5.41) is 0. The van der Waals surface area contributed by atoms with E-state index in [-0.39, 0.29) is 13.2 Å². The van der Waals surface area contributed by atoms with Crippen molar-refractivity contribution in [3.05, 3.63) is 0 Å². The van der Waals surface area contributed by atoms with Crippen LogP contribution in [-0.4, -0.2) is 25.8 Å². The highest BCUT2D eigenvalue weighted by molar-refractivity contribution is 5.54. The fourth-order valence-electron chi connectivity index (χ4n) is 0.134. The van der Waals surface area contributed by atoms with E-state index >= 15 is 0 Å². The van der Waals surface area contributed by atoms with E-state index in [0.717, 1.165) is 0 Å². The molecule has 7 heavy (non-hydrogen) atoms. The lowest BCUT2D eigenvalue weighted by Crippen LogP contribution is -1.96. The summed E-state index contributed by atoms with van der Waals surface area (Å²) in [6, 6.07) is 0. The molecular weight excluding hydrogens is 96.0 g/mol. The van der Waals surface area contributed by atoms with E-state index in [1.165, 1.54) is 12.6 Å². The summed E-state index contributed by atoms with van der Waals surface area (Å²) in [6.07, 6.45) is 2.90. The summed E-state index contributed by atoms with van der Waals surface area (Å²) >= 11 is 0. The fraction of sp³-hybridized carbons (Fsp3) is 0.500. The summed E-state index contributed by atoms with van der Waals surface area (Å²) in [6.45, 7) is -0.287. The second-order valence-electron chi connectivity index (χ2n) is 0.781. The van der Waals surface area contributed by atoms with Crippen molar-refractivity contribution in [3.8, 4) is 0 Å². The normalized spacial score (nSPS) is 8.00. The van der Waals surface area contributed by atoms with Crippen molar-refractivity contribution < 1.29 is 14.3 Å². The lowest BCUT2D eigenvalue weighted by atomic mass is 10.8. The lowest BCUT2D eigenvalue weighted by Gasteiger charge is -1.83. The van der Waals surface area contributed by atoms with Crippen molar-refractivity contribution >= 4 is 12.6 Å². The molecule has 38 valence electrons. The van der Waals surface area contributed by atoms with Gasteiger partial charge in [-0.05, 0) is 0 Å². The van der Waals surface area contributed by atoms with Gasteiger partial charge in [-0.1, -0.05) is 0 Å². The Morgan fingerprint density at radius 2 is 1.57 bits per heavy atom. The van der Waals surface area contributed by atoms with Crippen LogP contribution in [0.15, 0.2) is 0 Å². The zero-order valence-electron chi connectivity index (χ0n) is 3.64. The van der Waals surface area contributed by atoms with Crippen molar-refractivity contribution in [2.45, 2.75) is 0 Å². The third kappa shape index (κ3) is 5.30. The highest BCUT2D eigenvalue weighted by Gasteiger charge is 1.80. The van der Waals surface area contributed by atoms with Gasteiger partial charge in [0.05, 0.1) is 0 Å². The van der Waals surface area contributed by atoms with E-state index in [1.54, 1.807) is 0 Å². The second-order valence-corrected chi connectivity index (χ2v) is 0.781. The van der Waals surface area contributed by atoms with E-state index in [2.05, 4.69) is 4.74 Å². The van der Waals surface area contributed by atoms with E-state index in [1.807, 2.05) is 0 Å². The molecule has 0 saturated carbocycles. The molecule has 0 saturated heterocycles. The standard InChI is InChI=1S/C4H4O3/c5-1-3-7-4-2-6/h3-4H2. The molecule has 0 aromatic carbocycles. The second kappa shape index (κ2) is 5.30. The highest BCUT2D eigenvalue weighted by atomic mass is 16.5. The molecule has 0 aromatic heterocycles. The SMILES string of the molecule is O=[C]COC[C]=O. The summed E-state index contributed by atoms with van der Waals surface area (Å²) in [7, 11) is 0. The average molecular weight is 100 g/mol. The lowest BCUT2D eigenvalue weighted by molar-refractivity contribution is 0.208. The minimum Gasteiger partial charge on any atom is -0.365 e.